The summed E-state index contributed by atoms with van der Waals surface area (Å²) in [6, 6.07) is 14.1. The summed E-state index contributed by atoms with van der Waals surface area (Å²) in [5, 5.41) is 0. The van der Waals surface area contributed by atoms with E-state index >= 15 is 0 Å². The molecule has 22 heavy (non-hydrogen) atoms. The Bertz CT molecular complexity index is 807. The SMILES string of the molecule is COc1ccc(C)cc1C(N)Cn1c(C)nc2ccccc21. The van der Waals surface area contributed by atoms with Gasteiger partial charge in [-0.15, -0.1) is 0 Å². The van der Waals surface area contributed by atoms with Crippen LogP contribution in [0.5, 0.6) is 5.75 Å². The van der Waals surface area contributed by atoms with Crippen molar-refractivity contribution in [3.05, 3.63) is 59.4 Å². The molecule has 2 N–H and O–H groups in total. The Kier molecular flexibility index (Phi) is 3.86. The maximum atomic E-state index is 6.46. The first-order valence-corrected chi connectivity index (χ1v) is 7.42. The van der Waals surface area contributed by atoms with Crippen LogP contribution in [0, 0.1) is 13.8 Å². The normalized spacial score (nSPS) is 12.5. The first-order chi connectivity index (χ1) is 10.6. The second-order valence-corrected chi connectivity index (χ2v) is 5.61. The van der Waals surface area contributed by atoms with Gasteiger partial charge in [0.2, 0.25) is 0 Å². The number of hydrogen-bond acceptors (Lipinski definition) is 3. The van der Waals surface area contributed by atoms with Crippen LogP contribution in [0.2, 0.25) is 0 Å². The van der Waals surface area contributed by atoms with Crippen LogP contribution < -0.4 is 10.5 Å². The van der Waals surface area contributed by atoms with E-state index in [2.05, 4.69) is 28.6 Å². The van der Waals surface area contributed by atoms with Crippen molar-refractivity contribution in [3.8, 4) is 5.75 Å². The van der Waals surface area contributed by atoms with Crippen LogP contribution in [0.15, 0.2) is 42.5 Å². The van der Waals surface area contributed by atoms with E-state index in [1.165, 1.54) is 5.56 Å². The van der Waals surface area contributed by atoms with Crippen LogP contribution >= 0.6 is 0 Å². The molecule has 2 aromatic carbocycles. The van der Waals surface area contributed by atoms with Gasteiger partial charge in [-0.2, -0.15) is 0 Å². The summed E-state index contributed by atoms with van der Waals surface area (Å²) < 4.78 is 7.62. The van der Waals surface area contributed by atoms with Gasteiger partial charge in [-0.1, -0.05) is 29.8 Å². The van der Waals surface area contributed by atoms with Crippen molar-refractivity contribution >= 4 is 11.0 Å². The zero-order valence-electron chi connectivity index (χ0n) is 13.2. The Morgan fingerprint density at radius 1 is 1.18 bits per heavy atom. The van der Waals surface area contributed by atoms with Crippen molar-refractivity contribution in [2.75, 3.05) is 7.11 Å². The number of imidazole rings is 1. The third-order valence-electron chi connectivity index (χ3n) is 4.01. The molecular weight excluding hydrogens is 274 g/mol. The fraction of sp³-hybridized carbons (Fsp3) is 0.278. The quantitative estimate of drug-likeness (QED) is 0.803. The lowest BCUT2D eigenvalue weighted by Gasteiger charge is -2.18. The predicted octanol–water partition coefficient (Wildman–Crippen LogP) is 3.36. The number of nitrogens with zero attached hydrogens (tertiary/aromatic N) is 2. The van der Waals surface area contributed by atoms with Crippen molar-refractivity contribution in [3.63, 3.8) is 0 Å². The van der Waals surface area contributed by atoms with Crippen molar-refractivity contribution in [1.29, 1.82) is 0 Å². The molecule has 1 atom stereocenters. The van der Waals surface area contributed by atoms with E-state index in [-0.39, 0.29) is 6.04 Å². The molecule has 0 aliphatic carbocycles. The summed E-state index contributed by atoms with van der Waals surface area (Å²) >= 11 is 0. The van der Waals surface area contributed by atoms with Crippen molar-refractivity contribution < 1.29 is 4.74 Å². The molecule has 1 unspecified atom stereocenters. The molecule has 1 heterocycles. The molecule has 0 saturated heterocycles. The smallest absolute Gasteiger partial charge is 0.123 e. The Morgan fingerprint density at radius 3 is 2.73 bits per heavy atom. The summed E-state index contributed by atoms with van der Waals surface area (Å²) in [5.41, 5.74) is 10.8. The van der Waals surface area contributed by atoms with Crippen LogP contribution in [0.3, 0.4) is 0 Å². The molecule has 3 rings (SSSR count). The lowest BCUT2D eigenvalue weighted by Crippen LogP contribution is -2.19. The highest BCUT2D eigenvalue weighted by atomic mass is 16.5. The molecule has 0 amide bonds. The molecule has 0 aliphatic rings. The van der Waals surface area contributed by atoms with E-state index < -0.39 is 0 Å². The number of ether oxygens (including phenoxy) is 1. The predicted molar refractivity (Wildman–Crippen MR) is 89.1 cm³/mol. The third-order valence-corrected chi connectivity index (χ3v) is 4.01. The zero-order valence-corrected chi connectivity index (χ0v) is 13.2. The van der Waals surface area contributed by atoms with E-state index in [0.717, 1.165) is 28.2 Å². The molecule has 0 aliphatic heterocycles. The number of para-hydroxylation sites is 2. The maximum Gasteiger partial charge on any atom is 0.123 e. The molecule has 0 radical (unpaired) electrons. The van der Waals surface area contributed by atoms with Crippen LogP contribution in [-0.4, -0.2) is 16.7 Å². The zero-order chi connectivity index (χ0) is 15.7. The van der Waals surface area contributed by atoms with E-state index in [4.69, 9.17) is 10.5 Å². The highest BCUT2D eigenvalue weighted by molar-refractivity contribution is 5.75. The van der Waals surface area contributed by atoms with Gasteiger partial charge in [0.1, 0.15) is 11.6 Å². The standard InChI is InChI=1S/C18H21N3O/c1-12-8-9-18(22-3)14(10-12)15(19)11-21-13(2)20-16-6-4-5-7-17(16)21/h4-10,15H,11,19H2,1-3H3. The Hall–Kier alpha value is -2.33. The monoisotopic (exact) mass is 295 g/mol. The van der Waals surface area contributed by atoms with Gasteiger partial charge in [0.05, 0.1) is 24.2 Å². The number of benzene rings is 2. The number of methoxy groups -OCH3 is 1. The highest BCUT2D eigenvalue weighted by Crippen LogP contribution is 2.27. The second kappa shape index (κ2) is 5.81. The lowest BCUT2D eigenvalue weighted by atomic mass is 10.0. The van der Waals surface area contributed by atoms with Gasteiger partial charge >= 0.3 is 0 Å². The minimum absolute atomic E-state index is 0.147. The number of hydrogen-bond donors (Lipinski definition) is 1. The van der Waals surface area contributed by atoms with Gasteiger partial charge in [0, 0.05) is 12.1 Å². The first kappa shape index (κ1) is 14.6. The average molecular weight is 295 g/mol. The lowest BCUT2D eigenvalue weighted by molar-refractivity contribution is 0.402. The summed E-state index contributed by atoms with van der Waals surface area (Å²) in [7, 11) is 1.68. The average Bonchev–Trinajstić information content (AvgIpc) is 2.83. The molecule has 0 saturated carbocycles. The topological polar surface area (TPSA) is 53.1 Å². The largest absolute Gasteiger partial charge is 0.496 e. The Morgan fingerprint density at radius 2 is 1.95 bits per heavy atom. The minimum atomic E-state index is -0.147. The molecule has 0 spiro atoms. The highest BCUT2D eigenvalue weighted by Gasteiger charge is 2.15. The number of aryl methyl sites for hydroxylation is 2. The van der Waals surface area contributed by atoms with Crippen molar-refractivity contribution in [2.45, 2.75) is 26.4 Å². The Balaban J connectivity index is 1.98. The van der Waals surface area contributed by atoms with Gasteiger partial charge < -0.3 is 15.0 Å². The molecular formula is C18H21N3O. The summed E-state index contributed by atoms with van der Waals surface area (Å²) in [5.74, 6) is 1.81. The Labute approximate surface area is 130 Å². The molecule has 1 aromatic heterocycles. The van der Waals surface area contributed by atoms with Gasteiger partial charge in [-0.3, -0.25) is 0 Å². The van der Waals surface area contributed by atoms with E-state index in [1.807, 2.05) is 37.3 Å². The van der Waals surface area contributed by atoms with Crippen LogP contribution in [0.1, 0.15) is 23.0 Å². The minimum Gasteiger partial charge on any atom is -0.496 e. The number of aromatic nitrogens is 2. The summed E-state index contributed by atoms with van der Waals surface area (Å²) in [6.45, 7) is 4.75. The molecule has 114 valence electrons. The summed E-state index contributed by atoms with van der Waals surface area (Å²) in [4.78, 5) is 4.60. The van der Waals surface area contributed by atoms with Gasteiger partial charge in [-0.05, 0) is 32.0 Å². The molecule has 4 heteroatoms. The first-order valence-electron chi connectivity index (χ1n) is 7.42. The van der Waals surface area contributed by atoms with Gasteiger partial charge in [0.15, 0.2) is 0 Å². The molecule has 4 nitrogen and oxygen atoms in total. The molecule has 0 fully saturated rings. The molecule has 3 aromatic rings. The fourth-order valence-corrected chi connectivity index (χ4v) is 2.86. The van der Waals surface area contributed by atoms with E-state index in [0.29, 0.717) is 6.54 Å². The van der Waals surface area contributed by atoms with E-state index in [1.54, 1.807) is 7.11 Å². The van der Waals surface area contributed by atoms with Gasteiger partial charge in [0.25, 0.3) is 0 Å². The van der Waals surface area contributed by atoms with Gasteiger partial charge in [-0.25, -0.2) is 4.98 Å². The number of fused-ring (bicyclic) bond motifs is 1. The number of nitrogens with two attached hydrogens (primary N) is 1. The van der Waals surface area contributed by atoms with Crippen molar-refractivity contribution in [2.24, 2.45) is 5.73 Å². The summed E-state index contributed by atoms with van der Waals surface area (Å²) in [6.07, 6.45) is 0. The third kappa shape index (κ3) is 2.57. The van der Waals surface area contributed by atoms with Crippen LogP contribution in [0.4, 0.5) is 0 Å². The van der Waals surface area contributed by atoms with E-state index in [9.17, 15) is 0 Å². The number of rotatable bonds is 4. The van der Waals surface area contributed by atoms with Crippen LogP contribution in [-0.2, 0) is 6.54 Å². The maximum absolute atomic E-state index is 6.46. The second-order valence-electron chi connectivity index (χ2n) is 5.61. The fourth-order valence-electron chi connectivity index (χ4n) is 2.86. The molecule has 0 bridgehead atoms. The van der Waals surface area contributed by atoms with Crippen molar-refractivity contribution in [1.82, 2.24) is 9.55 Å². The van der Waals surface area contributed by atoms with Crippen LogP contribution in [0.25, 0.3) is 11.0 Å².